The maximum atomic E-state index is 11.7. The summed E-state index contributed by atoms with van der Waals surface area (Å²) in [6.45, 7) is 0.620. The predicted octanol–water partition coefficient (Wildman–Crippen LogP) is 4.04. The first kappa shape index (κ1) is 16.6. The summed E-state index contributed by atoms with van der Waals surface area (Å²) in [6, 6.07) is 5.41. The van der Waals surface area contributed by atoms with Crippen molar-refractivity contribution in [1.29, 1.82) is 0 Å². The molecule has 21 heavy (non-hydrogen) atoms. The van der Waals surface area contributed by atoms with Gasteiger partial charge in [0.1, 0.15) is 0 Å². The van der Waals surface area contributed by atoms with E-state index in [-0.39, 0.29) is 5.91 Å². The van der Waals surface area contributed by atoms with E-state index >= 15 is 0 Å². The smallest absolute Gasteiger partial charge is 0.230 e. The van der Waals surface area contributed by atoms with Gasteiger partial charge in [-0.3, -0.25) is 4.79 Å². The van der Waals surface area contributed by atoms with Crippen LogP contribution < -0.4 is 5.32 Å². The Bertz CT molecular complexity index is 591. The summed E-state index contributed by atoms with van der Waals surface area (Å²) in [5.74, 6) is 1.13. The van der Waals surface area contributed by atoms with Crippen LogP contribution in [0.5, 0.6) is 0 Å². The highest BCUT2D eigenvalue weighted by Gasteiger charge is 2.05. The summed E-state index contributed by atoms with van der Waals surface area (Å²) < 4.78 is 0. The van der Waals surface area contributed by atoms with E-state index in [0.717, 1.165) is 17.0 Å². The molecule has 2 rings (SSSR count). The second kappa shape index (κ2) is 8.63. The third kappa shape index (κ3) is 5.87. The van der Waals surface area contributed by atoms with Gasteiger partial charge in [0.15, 0.2) is 0 Å². The molecule has 0 radical (unpaired) electrons. The highest BCUT2D eigenvalue weighted by molar-refractivity contribution is 7.99. The van der Waals surface area contributed by atoms with Crippen LogP contribution in [0, 0.1) is 0 Å². The number of nitrogens with one attached hydrogen (secondary N) is 1. The molecule has 0 fully saturated rings. The van der Waals surface area contributed by atoms with Gasteiger partial charge in [-0.15, -0.1) is 23.1 Å². The van der Waals surface area contributed by atoms with Gasteiger partial charge in [0.2, 0.25) is 5.91 Å². The van der Waals surface area contributed by atoms with Gasteiger partial charge in [0, 0.05) is 40.3 Å². The minimum absolute atomic E-state index is 0.0293. The van der Waals surface area contributed by atoms with Crippen molar-refractivity contribution < 1.29 is 4.79 Å². The summed E-state index contributed by atoms with van der Waals surface area (Å²) >= 11 is 15.1. The fourth-order valence-corrected chi connectivity index (χ4v) is 3.66. The number of aromatic nitrogens is 1. The summed E-state index contributed by atoms with van der Waals surface area (Å²) in [4.78, 5) is 15.9. The normalized spacial score (nSPS) is 10.6. The zero-order chi connectivity index (χ0) is 15.1. The number of thiazole rings is 1. The molecule has 1 heterocycles. The zero-order valence-electron chi connectivity index (χ0n) is 11.1. The molecular formula is C14H14Cl2N2OS2. The standard InChI is InChI=1S/C14H14Cl2N2OS2/c15-11-2-1-10(12(16)7-11)8-20-9-13(19)17-4-3-14-18-5-6-21-14/h1-2,5-7H,3-4,8-9H2,(H,17,19). The molecule has 1 amide bonds. The molecule has 2 aromatic rings. The molecule has 3 nitrogen and oxygen atoms in total. The van der Waals surface area contributed by atoms with Crippen molar-refractivity contribution in [3.8, 4) is 0 Å². The van der Waals surface area contributed by atoms with Gasteiger partial charge in [0.25, 0.3) is 0 Å². The van der Waals surface area contributed by atoms with Crippen LogP contribution >= 0.6 is 46.3 Å². The van der Waals surface area contributed by atoms with E-state index in [9.17, 15) is 4.79 Å². The Balaban J connectivity index is 1.64. The van der Waals surface area contributed by atoms with Crippen molar-refractivity contribution in [2.24, 2.45) is 0 Å². The summed E-state index contributed by atoms with van der Waals surface area (Å²) in [5.41, 5.74) is 0.988. The van der Waals surface area contributed by atoms with Gasteiger partial charge < -0.3 is 5.32 Å². The number of thioether (sulfide) groups is 1. The van der Waals surface area contributed by atoms with Crippen LogP contribution in [0.3, 0.4) is 0 Å². The molecule has 0 saturated heterocycles. The SMILES string of the molecule is O=C(CSCc1ccc(Cl)cc1Cl)NCCc1nccs1. The first-order valence-corrected chi connectivity index (χ1v) is 9.11. The largest absolute Gasteiger partial charge is 0.355 e. The number of halogens is 2. The molecule has 1 N–H and O–H groups in total. The van der Waals surface area contributed by atoms with Crippen LogP contribution in [0.1, 0.15) is 10.6 Å². The van der Waals surface area contributed by atoms with E-state index < -0.39 is 0 Å². The molecular weight excluding hydrogens is 347 g/mol. The number of hydrogen-bond donors (Lipinski definition) is 1. The Morgan fingerprint density at radius 1 is 1.38 bits per heavy atom. The van der Waals surface area contributed by atoms with Crippen molar-refractivity contribution >= 4 is 52.2 Å². The number of benzene rings is 1. The molecule has 1 aromatic heterocycles. The van der Waals surface area contributed by atoms with E-state index in [1.165, 1.54) is 11.8 Å². The molecule has 112 valence electrons. The molecule has 0 bridgehead atoms. The predicted molar refractivity (Wildman–Crippen MR) is 91.5 cm³/mol. The fraction of sp³-hybridized carbons (Fsp3) is 0.286. The summed E-state index contributed by atoms with van der Waals surface area (Å²) in [6.07, 6.45) is 2.55. The van der Waals surface area contributed by atoms with Crippen LogP contribution in [0.15, 0.2) is 29.8 Å². The number of rotatable bonds is 7. The zero-order valence-corrected chi connectivity index (χ0v) is 14.3. The Morgan fingerprint density at radius 3 is 2.95 bits per heavy atom. The maximum Gasteiger partial charge on any atom is 0.230 e. The molecule has 0 spiro atoms. The molecule has 0 unspecified atom stereocenters. The van der Waals surface area contributed by atoms with Gasteiger partial charge in [-0.05, 0) is 17.7 Å². The molecule has 0 atom stereocenters. The van der Waals surface area contributed by atoms with Gasteiger partial charge in [-0.25, -0.2) is 4.98 Å². The number of carbonyl (C=O) groups is 1. The highest BCUT2D eigenvalue weighted by Crippen LogP contribution is 2.24. The highest BCUT2D eigenvalue weighted by atomic mass is 35.5. The van der Waals surface area contributed by atoms with Crippen LogP contribution in [-0.2, 0) is 17.0 Å². The van der Waals surface area contributed by atoms with Gasteiger partial charge in [-0.1, -0.05) is 29.3 Å². The Kier molecular flexibility index (Phi) is 6.83. The van der Waals surface area contributed by atoms with Crippen LogP contribution in [0.4, 0.5) is 0 Å². The molecule has 0 aliphatic rings. The number of nitrogens with zero attached hydrogens (tertiary/aromatic N) is 1. The lowest BCUT2D eigenvalue weighted by Gasteiger charge is -2.06. The van der Waals surface area contributed by atoms with Gasteiger partial charge >= 0.3 is 0 Å². The third-order valence-electron chi connectivity index (χ3n) is 2.65. The Labute approximate surface area is 142 Å². The van der Waals surface area contributed by atoms with Crippen LogP contribution in [0.25, 0.3) is 0 Å². The third-order valence-corrected chi connectivity index (χ3v) is 5.06. The summed E-state index contributed by atoms with van der Waals surface area (Å²) in [7, 11) is 0. The lowest BCUT2D eigenvalue weighted by atomic mass is 10.2. The molecule has 7 heteroatoms. The van der Waals surface area contributed by atoms with Crippen molar-refractivity contribution in [2.45, 2.75) is 12.2 Å². The van der Waals surface area contributed by atoms with Crippen molar-refractivity contribution in [1.82, 2.24) is 10.3 Å². The lowest BCUT2D eigenvalue weighted by molar-refractivity contribution is -0.118. The van der Waals surface area contributed by atoms with Gasteiger partial charge in [-0.2, -0.15) is 0 Å². The number of hydrogen-bond acceptors (Lipinski definition) is 4. The molecule has 0 saturated carbocycles. The second-order valence-electron chi connectivity index (χ2n) is 4.25. The van der Waals surface area contributed by atoms with E-state index in [4.69, 9.17) is 23.2 Å². The summed E-state index contributed by atoms with van der Waals surface area (Å²) in [5, 5.41) is 7.11. The topological polar surface area (TPSA) is 42.0 Å². The van der Waals surface area contributed by atoms with E-state index in [2.05, 4.69) is 10.3 Å². The van der Waals surface area contributed by atoms with E-state index in [0.29, 0.717) is 28.1 Å². The Hall–Kier alpha value is -0.750. The molecule has 0 aliphatic heterocycles. The minimum Gasteiger partial charge on any atom is -0.355 e. The van der Waals surface area contributed by atoms with Gasteiger partial charge in [0.05, 0.1) is 10.8 Å². The van der Waals surface area contributed by atoms with Crippen molar-refractivity contribution in [3.05, 3.63) is 50.4 Å². The quantitative estimate of drug-likeness (QED) is 0.809. The van der Waals surface area contributed by atoms with Crippen LogP contribution in [0.2, 0.25) is 10.0 Å². The second-order valence-corrected chi connectivity index (χ2v) is 7.06. The van der Waals surface area contributed by atoms with Crippen molar-refractivity contribution in [3.63, 3.8) is 0 Å². The molecule has 0 aliphatic carbocycles. The Morgan fingerprint density at radius 2 is 2.24 bits per heavy atom. The van der Waals surface area contributed by atoms with E-state index in [1.54, 1.807) is 29.7 Å². The first-order chi connectivity index (χ1) is 10.1. The minimum atomic E-state index is 0.0293. The van der Waals surface area contributed by atoms with Crippen LogP contribution in [-0.4, -0.2) is 23.2 Å². The average Bonchev–Trinajstić information content (AvgIpc) is 2.94. The lowest BCUT2D eigenvalue weighted by Crippen LogP contribution is -2.27. The molecule has 1 aromatic carbocycles. The monoisotopic (exact) mass is 360 g/mol. The van der Waals surface area contributed by atoms with E-state index in [1.807, 2.05) is 11.4 Å². The first-order valence-electron chi connectivity index (χ1n) is 6.32. The average molecular weight is 361 g/mol. The maximum absolute atomic E-state index is 11.7. The fourth-order valence-electron chi connectivity index (χ4n) is 1.63. The van der Waals surface area contributed by atoms with Crippen molar-refractivity contribution in [2.75, 3.05) is 12.3 Å². The number of amides is 1. The number of carbonyl (C=O) groups excluding carboxylic acids is 1.